The number of aromatic nitrogens is 4. The minimum atomic E-state index is 0.650. The number of aryl methyl sites for hydroxylation is 1. The lowest BCUT2D eigenvalue weighted by Gasteiger charge is -1.97. The zero-order valence-corrected chi connectivity index (χ0v) is 9.99. The molecule has 0 saturated heterocycles. The van der Waals surface area contributed by atoms with E-state index < -0.39 is 0 Å². The predicted octanol–water partition coefficient (Wildman–Crippen LogP) is 2.54. The molecular formula is C14H12N4. The maximum absolute atomic E-state index is 4.54. The molecular weight excluding hydrogens is 224 g/mol. The standard InChI is InChI=1S/C14H12N4/c1-18-14(11-7-3-2-4-8-11)16-13(17-18)12-9-5-6-10-15-12/h2-10H,1H3. The van der Waals surface area contributed by atoms with Gasteiger partial charge in [0, 0.05) is 18.8 Å². The van der Waals surface area contributed by atoms with Crippen molar-refractivity contribution in [2.75, 3.05) is 0 Å². The Labute approximate surface area is 105 Å². The van der Waals surface area contributed by atoms with E-state index in [-0.39, 0.29) is 0 Å². The van der Waals surface area contributed by atoms with E-state index in [1.165, 1.54) is 0 Å². The fourth-order valence-electron chi connectivity index (χ4n) is 1.83. The van der Waals surface area contributed by atoms with Crippen molar-refractivity contribution in [3.05, 3.63) is 54.7 Å². The molecule has 3 rings (SSSR count). The summed E-state index contributed by atoms with van der Waals surface area (Å²) in [5, 5.41) is 4.40. The first-order valence-corrected chi connectivity index (χ1v) is 5.72. The maximum atomic E-state index is 4.54. The van der Waals surface area contributed by atoms with Gasteiger partial charge in [-0.1, -0.05) is 36.4 Å². The number of nitrogens with zero attached hydrogens (tertiary/aromatic N) is 4. The third-order valence-electron chi connectivity index (χ3n) is 2.69. The second kappa shape index (κ2) is 4.41. The van der Waals surface area contributed by atoms with Crippen molar-refractivity contribution in [3.63, 3.8) is 0 Å². The SMILES string of the molecule is Cn1nc(-c2ccccn2)nc1-c1ccccc1. The van der Waals surface area contributed by atoms with E-state index in [1.807, 2.05) is 55.6 Å². The van der Waals surface area contributed by atoms with Crippen LogP contribution in [0.3, 0.4) is 0 Å². The lowest BCUT2D eigenvalue weighted by molar-refractivity contribution is 0.776. The molecule has 0 aliphatic heterocycles. The molecule has 0 spiro atoms. The predicted molar refractivity (Wildman–Crippen MR) is 69.7 cm³/mol. The van der Waals surface area contributed by atoms with Crippen LogP contribution in [0.2, 0.25) is 0 Å². The van der Waals surface area contributed by atoms with E-state index in [9.17, 15) is 0 Å². The molecule has 2 heterocycles. The van der Waals surface area contributed by atoms with Crippen molar-refractivity contribution in [1.29, 1.82) is 0 Å². The summed E-state index contributed by atoms with van der Waals surface area (Å²) in [6, 6.07) is 15.7. The van der Waals surface area contributed by atoms with E-state index in [2.05, 4.69) is 15.1 Å². The Morgan fingerprint density at radius 3 is 2.44 bits per heavy atom. The van der Waals surface area contributed by atoms with E-state index in [0.29, 0.717) is 5.82 Å². The van der Waals surface area contributed by atoms with Gasteiger partial charge in [0.2, 0.25) is 0 Å². The second-order valence-electron chi connectivity index (χ2n) is 3.96. The van der Waals surface area contributed by atoms with Crippen LogP contribution in [0.15, 0.2) is 54.7 Å². The summed E-state index contributed by atoms with van der Waals surface area (Å²) in [5.74, 6) is 1.49. The first kappa shape index (κ1) is 10.7. The van der Waals surface area contributed by atoms with Crippen LogP contribution < -0.4 is 0 Å². The third-order valence-corrected chi connectivity index (χ3v) is 2.69. The fraction of sp³-hybridized carbons (Fsp3) is 0.0714. The summed E-state index contributed by atoms with van der Waals surface area (Å²) in [4.78, 5) is 8.80. The molecule has 88 valence electrons. The minimum absolute atomic E-state index is 0.650. The van der Waals surface area contributed by atoms with Gasteiger partial charge in [0.25, 0.3) is 0 Å². The zero-order valence-electron chi connectivity index (χ0n) is 9.99. The van der Waals surface area contributed by atoms with Crippen molar-refractivity contribution >= 4 is 0 Å². The minimum Gasteiger partial charge on any atom is -0.253 e. The van der Waals surface area contributed by atoms with Gasteiger partial charge in [-0.3, -0.25) is 4.98 Å². The molecule has 4 nitrogen and oxygen atoms in total. The molecule has 0 fully saturated rings. The highest BCUT2D eigenvalue weighted by Gasteiger charge is 2.10. The highest BCUT2D eigenvalue weighted by molar-refractivity contribution is 5.59. The molecule has 0 N–H and O–H groups in total. The molecule has 3 aromatic rings. The van der Waals surface area contributed by atoms with Crippen molar-refractivity contribution in [1.82, 2.24) is 19.7 Å². The smallest absolute Gasteiger partial charge is 0.200 e. The molecule has 0 saturated carbocycles. The van der Waals surface area contributed by atoms with Gasteiger partial charge in [-0.25, -0.2) is 9.67 Å². The van der Waals surface area contributed by atoms with Crippen LogP contribution in [0.1, 0.15) is 0 Å². The van der Waals surface area contributed by atoms with Gasteiger partial charge in [0.15, 0.2) is 11.6 Å². The molecule has 0 unspecified atom stereocenters. The van der Waals surface area contributed by atoms with Gasteiger partial charge in [-0.15, -0.1) is 5.10 Å². The van der Waals surface area contributed by atoms with Crippen LogP contribution in [0, 0.1) is 0 Å². The summed E-state index contributed by atoms with van der Waals surface area (Å²) in [5.41, 5.74) is 1.84. The molecule has 0 radical (unpaired) electrons. The number of hydrogen-bond donors (Lipinski definition) is 0. The summed E-state index contributed by atoms with van der Waals surface area (Å²) < 4.78 is 1.78. The Balaban J connectivity index is 2.07. The summed E-state index contributed by atoms with van der Waals surface area (Å²) in [6.07, 6.45) is 1.74. The molecule has 4 heteroatoms. The van der Waals surface area contributed by atoms with Gasteiger partial charge in [0.1, 0.15) is 5.69 Å². The molecule has 2 aromatic heterocycles. The first-order chi connectivity index (χ1) is 8.84. The molecule has 0 bridgehead atoms. The van der Waals surface area contributed by atoms with Crippen molar-refractivity contribution < 1.29 is 0 Å². The Bertz CT molecular complexity index is 644. The lowest BCUT2D eigenvalue weighted by atomic mass is 10.2. The summed E-state index contributed by atoms with van der Waals surface area (Å²) in [7, 11) is 1.89. The van der Waals surface area contributed by atoms with Crippen LogP contribution >= 0.6 is 0 Å². The maximum Gasteiger partial charge on any atom is 0.200 e. The second-order valence-corrected chi connectivity index (χ2v) is 3.96. The zero-order chi connectivity index (χ0) is 12.4. The topological polar surface area (TPSA) is 43.6 Å². The van der Waals surface area contributed by atoms with Crippen molar-refractivity contribution in [2.45, 2.75) is 0 Å². The molecule has 0 aliphatic rings. The van der Waals surface area contributed by atoms with Gasteiger partial charge < -0.3 is 0 Å². The van der Waals surface area contributed by atoms with Crippen LogP contribution in [-0.2, 0) is 7.05 Å². The van der Waals surface area contributed by atoms with E-state index in [1.54, 1.807) is 10.9 Å². The molecule has 0 aliphatic carbocycles. The Morgan fingerprint density at radius 2 is 1.72 bits per heavy atom. The van der Waals surface area contributed by atoms with Crippen molar-refractivity contribution in [3.8, 4) is 22.9 Å². The first-order valence-electron chi connectivity index (χ1n) is 5.72. The van der Waals surface area contributed by atoms with Gasteiger partial charge >= 0.3 is 0 Å². The van der Waals surface area contributed by atoms with Gasteiger partial charge in [-0.2, -0.15) is 0 Å². The Kier molecular flexibility index (Phi) is 2.61. The highest BCUT2D eigenvalue weighted by Crippen LogP contribution is 2.19. The number of hydrogen-bond acceptors (Lipinski definition) is 3. The fourth-order valence-corrected chi connectivity index (χ4v) is 1.83. The van der Waals surface area contributed by atoms with Crippen LogP contribution in [0.25, 0.3) is 22.9 Å². The lowest BCUT2D eigenvalue weighted by Crippen LogP contribution is -1.94. The molecule has 0 amide bonds. The normalized spacial score (nSPS) is 10.5. The molecule has 1 aromatic carbocycles. The average molecular weight is 236 g/mol. The van der Waals surface area contributed by atoms with E-state index >= 15 is 0 Å². The third kappa shape index (κ3) is 1.88. The molecule has 0 atom stereocenters. The van der Waals surface area contributed by atoms with Crippen molar-refractivity contribution in [2.24, 2.45) is 7.05 Å². The highest BCUT2D eigenvalue weighted by atomic mass is 15.3. The molecule has 18 heavy (non-hydrogen) atoms. The Hall–Kier alpha value is -2.49. The van der Waals surface area contributed by atoms with Gasteiger partial charge in [-0.05, 0) is 12.1 Å². The van der Waals surface area contributed by atoms with Crippen LogP contribution in [-0.4, -0.2) is 19.7 Å². The monoisotopic (exact) mass is 236 g/mol. The number of rotatable bonds is 2. The number of benzene rings is 1. The summed E-state index contributed by atoms with van der Waals surface area (Å²) >= 11 is 0. The Morgan fingerprint density at radius 1 is 0.944 bits per heavy atom. The van der Waals surface area contributed by atoms with E-state index in [4.69, 9.17) is 0 Å². The van der Waals surface area contributed by atoms with Crippen LogP contribution in [0.4, 0.5) is 0 Å². The number of pyridine rings is 1. The summed E-state index contributed by atoms with van der Waals surface area (Å²) in [6.45, 7) is 0. The van der Waals surface area contributed by atoms with Crippen LogP contribution in [0.5, 0.6) is 0 Å². The average Bonchev–Trinajstić information content (AvgIpc) is 2.83. The quantitative estimate of drug-likeness (QED) is 0.686. The van der Waals surface area contributed by atoms with Gasteiger partial charge in [0.05, 0.1) is 0 Å². The largest absolute Gasteiger partial charge is 0.253 e. The van der Waals surface area contributed by atoms with E-state index in [0.717, 1.165) is 17.1 Å².